The molecule has 10 heteroatoms. The smallest absolute Gasteiger partial charge is 0.226 e. The highest BCUT2D eigenvalue weighted by Crippen LogP contribution is 2.41. The molecule has 3 heterocycles. The zero-order valence-electron chi connectivity index (χ0n) is 19.3. The zero-order chi connectivity index (χ0) is 25.9. The third-order valence-electron chi connectivity index (χ3n) is 6.02. The van der Waals surface area contributed by atoms with Gasteiger partial charge < -0.3 is 20.0 Å². The summed E-state index contributed by atoms with van der Waals surface area (Å²) in [7, 11) is 0. The van der Waals surface area contributed by atoms with Gasteiger partial charge in [0.1, 0.15) is 29.2 Å². The molecule has 1 aliphatic rings. The first-order valence-corrected chi connectivity index (χ1v) is 12.7. The van der Waals surface area contributed by atoms with Gasteiger partial charge in [0.25, 0.3) is 0 Å². The minimum absolute atomic E-state index is 0.125. The molecule has 4 aromatic rings. The lowest BCUT2D eigenvalue weighted by Gasteiger charge is -2.25. The molecule has 1 amide bonds. The van der Waals surface area contributed by atoms with E-state index in [4.69, 9.17) is 16.6 Å². The van der Waals surface area contributed by atoms with Crippen LogP contribution in [0.5, 0.6) is 0 Å². The number of furan rings is 1. The Labute approximate surface area is 225 Å². The van der Waals surface area contributed by atoms with Crippen LogP contribution in [0.25, 0.3) is 11.3 Å². The van der Waals surface area contributed by atoms with Crippen LogP contribution in [-0.2, 0) is 4.79 Å². The van der Waals surface area contributed by atoms with Crippen LogP contribution in [0.3, 0.4) is 0 Å². The standard InChI is InChI=1S/C27H21BrF2N4O2S/c28-16-4-9-19(20(30)15-16)22-10-11-23(36-22)26-25(21-3-1-2-13-31-21)33-27(37)34(26)14-12-24(35)32-18-7-5-17(29)6-8-18/h1-11,13,15,25-26H,12,14H2,(H,32,35)(H,33,37)/t25-,26-/m1/s1. The van der Waals surface area contributed by atoms with Crippen molar-refractivity contribution in [2.75, 3.05) is 11.9 Å². The average Bonchev–Trinajstić information content (AvgIpc) is 3.49. The van der Waals surface area contributed by atoms with E-state index in [1.807, 2.05) is 23.1 Å². The summed E-state index contributed by atoms with van der Waals surface area (Å²) < 4.78 is 34.6. The van der Waals surface area contributed by atoms with Gasteiger partial charge in [-0.1, -0.05) is 22.0 Å². The molecule has 2 N–H and O–H groups in total. The normalized spacial score (nSPS) is 17.1. The fraction of sp³-hybridized carbons (Fsp3) is 0.148. The minimum Gasteiger partial charge on any atom is -0.459 e. The van der Waals surface area contributed by atoms with Crippen molar-refractivity contribution in [2.45, 2.75) is 18.5 Å². The van der Waals surface area contributed by atoms with Crippen molar-refractivity contribution in [3.05, 3.63) is 107 Å². The van der Waals surface area contributed by atoms with Crippen molar-refractivity contribution in [1.82, 2.24) is 15.2 Å². The number of hydrogen-bond donors (Lipinski definition) is 2. The summed E-state index contributed by atoms with van der Waals surface area (Å²) in [5.41, 5.74) is 1.59. The Balaban J connectivity index is 1.40. The van der Waals surface area contributed by atoms with Crippen LogP contribution < -0.4 is 10.6 Å². The van der Waals surface area contributed by atoms with Gasteiger partial charge >= 0.3 is 0 Å². The summed E-state index contributed by atoms with van der Waals surface area (Å²) >= 11 is 8.91. The van der Waals surface area contributed by atoms with Gasteiger partial charge in [0.2, 0.25) is 5.91 Å². The third kappa shape index (κ3) is 5.55. The van der Waals surface area contributed by atoms with Gasteiger partial charge in [-0.2, -0.15) is 0 Å². The second kappa shape index (κ2) is 10.8. The van der Waals surface area contributed by atoms with Gasteiger partial charge in [0, 0.05) is 29.3 Å². The van der Waals surface area contributed by atoms with Crippen LogP contribution in [0.2, 0.25) is 0 Å². The molecule has 2 atom stereocenters. The van der Waals surface area contributed by atoms with Gasteiger partial charge in [0.15, 0.2) is 5.11 Å². The molecule has 2 aromatic heterocycles. The third-order valence-corrected chi connectivity index (χ3v) is 6.87. The fourth-order valence-corrected chi connectivity index (χ4v) is 4.94. The van der Waals surface area contributed by atoms with E-state index in [9.17, 15) is 13.6 Å². The molecule has 0 bridgehead atoms. The molecule has 0 saturated carbocycles. The Morgan fingerprint density at radius 3 is 2.65 bits per heavy atom. The number of nitrogens with one attached hydrogen (secondary N) is 2. The van der Waals surface area contributed by atoms with Gasteiger partial charge in [0.05, 0.1) is 17.3 Å². The molecule has 5 rings (SSSR count). The highest BCUT2D eigenvalue weighted by molar-refractivity contribution is 9.10. The number of aromatic nitrogens is 1. The average molecular weight is 583 g/mol. The quantitative estimate of drug-likeness (QED) is 0.246. The molecule has 2 aromatic carbocycles. The summed E-state index contributed by atoms with van der Waals surface area (Å²) in [6.07, 6.45) is 1.82. The molecule has 0 spiro atoms. The van der Waals surface area contributed by atoms with E-state index in [1.54, 1.807) is 30.5 Å². The van der Waals surface area contributed by atoms with Crippen molar-refractivity contribution in [3.63, 3.8) is 0 Å². The number of nitrogens with zero attached hydrogens (tertiary/aromatic N) is 2. The number of carbonyl (C=O) groups excluding carboxylic acids is 1. The first kappa shape index (κ1) is 25.0. The molecule has 6 nitrogen and oxygen atoms in total. The predicted molar refractivity (Wildman–Crippen MR) is 144 cm³/mol. The van der Waals surface area contributed by atoms with E-state index in [0.717, 1.165) is 5.69 Å². The molecular formula is C27H21BrF2N4O2S. The van der Waals surface area contributed by atoms with Crippen molar-refractivity contribution in [1.29, 1.82) is 0 Å². The van der Waals surface area contributed by atoms with Crippen LogP contribution in [0.1, 0.15) is 30.0 Å². The molecule has 1 fully saturated rings. The molecular weight excluding hydrogens is 562 g/mol. The Kier molecular flexibility index (Phi) is 7.29. The lowest BCUT2D eigenvalue weighted by molar-refractivity contribution is -0.116. The number of thiocarbonyl (C=S) groups is 1. The Morgan fingerprint density at radius 1 is 1.11 bits per heavy atom. The molecule has 1 aliphatic heterocycles. The van der Waals surface area contributed by atoms with E-state index in [0.29, 0.717) is 32.4 Å². The zero-order valence-corrected chi connectivity index (χ0v) is 21.7. The highest BCUT2D eigenvalue weighted by Gasteiger charge is 2.41. The molecule has 0 unspecified atom stereocenters. The number of rotatable bonds is 7. The molecule has 0 radical (unpaired) electrons. The van der Waals surface area contributed by atoms with Crippen LogP contribution in [0.15, 0.2) is 87.9 Å². The minimum atomic E-state index is -0.423. The first-order chi connectivity index (χ1) is 17.9. The maximum atomic E-state index is 14.6. The maximum absolute atomic E-state index is 14.6. The number of amides is 1. The molecule has 0 aliphatic carbocycles. The Bertz CT molecular complexity index is 1430. The van der Waals surface area contributed by atoms with Crippen LogP contribution >= 0.6 is 28.1 Å². The fourth-order valence-electron chi connectivity index (χ4n) is 4.28. The maximum Gasteiger partial charge on any atom is 0.226 e. The summed E-state index contributed by atoms with van der Waals surface area (Å²) in [5.74, 6) is -0.0981. The van der Waals surface area contributed by atoms with Crippen molar-refractivity contribution in [2.24, 2.45) is 0 Å². The number of pyridine rings is 1. The van der Waals surface area contributed by atoms with E-state index in [1.165, 1.54) is 30.3 Å². The van der Waals surface area contributed by atoms with Gasteiger partial charge in [-0.3, -0.25) is 9.78 Å². The highest BCUT2D eigenvalue weighted by atomic mass is 79.9. The topological polar surface area (TPSA) is 70.4 Å². The number of benzene rings is 2. The lowest BCUT2D eigenvalue weighted by Crippen LogP contribution is -2.32. The number of hydrogen-bond acceptors (Lipinski definition) is 4. The second-order valence-corrected chi connectivity index (χ2v) is 9.75. The number of carbonyl (C=O) groups is 1. The van der Waals surface area contributed by atoms with Crippen molar-refractivity contribution < 1.29 is 18.0 Å². The largest absolute Gasteiger partial charge is 0.459 e. The second-order valence-electron chi connectivity index (χ2n) is 8.45. The van der Waals surface area contributed by atoms with Crippen molar-refractivity contribution in [3.8, 4) is 11.3 Å². The van der Waals surface area contributed by atoms with E-state index < -0.39 is 11.9 Å². The van der Waals surface area contributed by atoms with Crippen molar-refractivity contribution >= 4 is 44.9 Å². The van der Waals surface area contributed by atoms with Crippen LogP contribution in [-0.4, -0.2) is 27.4 Å². The molecule has 1 saturated heterocycles. The SMILES string of the molecule is O=C(CCN1C(=S)N[C@H](c2ccccn2)[C@H]1c1ccc(-c2ccc(Br)cc2F)o1)Nc1ccc(F)cc1. The van der Waals surface area contributed by atoms with Gasteiger partial charge in [-0.25, -0.2) is 8.78 Å². The number of anilines is 1. The Hall–Kier alpha value is -3.63. The number of halogens is 3. The molecule has 37 heavy (non-hydrogen) atoms. The Morgan fingerprint density at radius 2 is 1.92 bits per heavy atom. The summed E-state index contributed by atoms with van der Waals surface area (Å²) in [4.78, 5) is 19.0. The first-order valence-electron chi connectivity index (χ1n) is 11.5. The lowest BCUT2D eigenvalue weighted by atomic mass is 10.0. The summed E-state index contributed by atoms with van der Waals surface area (Å²) in [5, 5.41) is 6.51. The van der Waals surface area contributed by atoms with Gasteiger partial charge in [-0.15, -0.1) is 0 Å². The van der Waals surface area contributed by atoms with Crippen LogP contribution in [0.4, 0.5) is 14.5 Å². The predicted octanol–water partition coefficient (Wildman–Crippen LogP) is 6.38. The summed E-state index contributed by atoms with van der Waals surface area (Å²) in [6.45, 7) is 0.287. The van der Waals surface area contributed by atoms with E-state index >= 15 is 0 Å². The molecule has 188 valence electrons. The van der Waals surface area contributed by atoms with E-state index in [-0.39, 0.29) is 30.7 Å². The summed E-state index contributed by atoms with van der Waals surface area (Å²) in [6, 6.07) is 18.7. The van der Waals surface area contributed by atoms with Crippen LogP contribution in [0, 0.1) is 11.6 Å². The monoisotopic (exact) mass is 582 g/mol. The van der Waals surface area contributed by atoms with E-state index in [2.05, 4.69) is 31.5 Å². The van der Waals surface area contributed by atoms with Gasteiger partial charge in [-0.05, 0) is 78.9 Å².